The van der Waals surface area contributed by atoms with Crippen LogP contribution < -0.4 is 16.0 Å². The van der Waals surface area contributed by atoms with Crippen LogP contribution in [0, 0.1) is 22.5 Å². The van der Waals surface area contributed by atoms with E-state index in [1.165, 1.54) is 24.4 Å². The first-order chi connectivity index (χ1) is 15.4. The van der Waals surface area contributed by atoms with Crippen molar-refractivity contribution < 1.29 is 23.0 Å². The molecule has 2 aliphatic heterocycles. The van der Waals surface area contributed by atoms with Crippen molar-refractivity contribution >= 4 is 17.9 Å². The molecule has 1 spiro atoms. The molecule has 170 valence electrons. The Bertz CT molecular complexity index is 1020. The van der Waals surface area contributed by atoms with E-state index in [4.69, 9.17) is 20.6 Å². The number of ether oxygens (including phenoxy) is 2. The van der Waals surface area contributed by atoms with Gasteiger partial charge in [-0.1, -0.05) is 18.2 Å². The molecule has 0 atom stereocenters. The number of amides is 1. The number of nitrogens with zero attached hydrogens (tertiary/aromatic N) is 2. The smallest absolute Gasteiger partial charge is 0.414 e. The minimum atomic E-state index is -0.966. The summed E-state index contributed by atoms with van der Waals surface area (Å²) in [4.78, 5) is 17.6. The Balaban J connectivity index is 1.46. The van der Waals surface area contributed by atoms with Gasteiger partial charge in [-0.05, 0) is 25.3 Å². The zero-order valence-corrected chi connectivity index (χ0v) is 17.5. The highest BCUT2D eigenvalue weighted by molar-refractivity contribution is 5.90. The largest absolute Gasteiger partial charge is 0.444 e. The van der Waals surface area contributed by atoms with Crippen LogP contribution in [0.5, 0.6) is 0 Å². The van der Waals surface area contributed by atoms with Crippen LogP contribution in [0.4, 0.5) is 19.4 Å². The fourth-order valence-corrected chi connectivity index (χ4v) is 4.31. The quantitative estimate of drug-likeness (QED) is 0.492. The van der Waals surface area contributed by atoms with Gasteiger partial charge >= 0.3 is 6.09 Å². The van der Waals surface area contributed by atoms with E-state index in [1.807, 2.05) is 10.2 Å². The number of pyridine rings is 1. The minimum absolute atomic E-state index is 0.103. The number of halogens is 2. The maximum Gasteiger partial charge on any atom is 0.414 e. The number of rotatable bonds is 4. The second kappa shape index (κ2) is 9.07. The first-order valence-corrected chi connectivity index (χ1v) is 10.4. The molecule has 0 aliphatic carbocycles. The van der Waals surface area contributed by atoms with Gasteiger partial charge in [-0.2, -0.15) is 0 Å². The Morgan fingerprint density at radius 1 is 1.31 bits per heavy atom. The average Bonchev–Trinajstić information content (AvgIpc) is 2.98. The van der Waals surface area contributed by atoms with E-state index in [1.54, 1.807) is 6.07 Å². The van der Waals surface area contributed by atoms with Crippen LogP contribution in [0.3, 0.4) is 0 Å². The Labute approximate surface area is 184 Å². The number of nitrogens with two attached hydrogens (primary N) is 1. The first kappa shape index (κ1) is 21.9. The molecule has 0 unspecified atom stereocenters. The van der Waals surface area contributed by atoms with Crippen molar-refractivity contribution in [1.29, 1.82) is 5.41 Å². The molecule has 1 aromatic heterocycles. The molecule has 10 heteroatoms. The van der Waals surface area contributed by atoms with Crippen molar-refractivity contribution in [2.75, 3.05) is 31.2 Å². The van der Waals surface area contributed by atoms with Crippen LogP contribution >= 0.6 is 0 Å². The van der Waals surface area contributed by atoms with Gasteiger partial charge in [0.05, 0.1) is 0 Å². The maximum absolute atomic E-state index is 15.0. The van der Waals surface area contributed by atoms with Crippen molar-refractivity contribution in [2.45, 2.75) is 25.9 Å². The molecule has 32 heavy (non-hydrogen) atoms. The van der Waals surface area contributed by atoms with Gasteiger partial charge in [0.25, 0.3) is 0 Å². The van der Waals surface area contributed by atoms with Crippen LogP contribution in [0.25, 0.3) is 11.1 Å². The van der Waals surface area contributed by atoms with Crippen molar-refractivity contribution in [1.82, 2.24) is 10.3 Å². The van der Waals surface area contributed by atoms with Gasteiger partial charge < -0.3 is 20.1 Å². The lowest BCUT2D eigenvalue weighted by atomic mass is 9.74. The highest BCUT2D eigenvalue weighted by atomic mass is 19.1. The summed E-state index contributed by atoms with van der Waals surface area (Å²) in [5.74, 6) is -1.46. The van der Waals surface area contributed by atoms with E-state index in [2.05, 4.69) is 4.98 Å². The number of aromatic nitrogens is 1. The van der Waals surface area contributed by atoms with Crippen molar-refractivity contribution in [3.05, 3.63) is 47.7 Å². The van der Waals surface area contributed by atoms with E-state index < -0.39 is 23.7 Å². The molecule has 0 radical (unpaired) electrons. The molecule has 3 heterocycles. The highest BCUT2D eigenvalue weighted by Gasteiger charge is 2.44. The second-order valence-electron chi connectivity index (χ2n) is 8.24. The maximum atomic E-state index is 15.0. The fourth-order valence-electron chi connectivity index (χ4n) is 4.31. The summed E-state index contributed by atoms with van der Waals surface area (Å²) in [6.45, 7) is 2.62. The SMILES string of the molecule is N=C(N)NC(=O)OCc1cccc(-c2cnc(N3CC4(CCCOCC4)C3)c(F)c2)c1F. The van der Waals surface area contributed by atoms with Gasteiger partial charge in [0, 0.05) is 54.6 Å². The average molecular weight is 445 g/mol. The zero-order valence-electron chi connectivity index (χ0n) is 17.5. The minimum Gasteiger partial charge on any atom is -0.444 e. The van der Waals surface area contributed by atoms with Crippen LogP contribution in [0.15, 0.2) is 30.5 Å². The van der Waals surface area contributed by atoms with Crippen LogP contribution in [-0.2, 0) is 16.1 Å². The number of carbonyl (C=O) groups is 1. The summed E-state index contributed by atoms with van der Waals surface area (Å²) >= 11 is 0. The van der Waals surface area contributed by atoms with Crippen molar-refractivity contribution in [3.63, 3.8) is 0 Å². The lowest BCUT2D eigenvalue weighted by Crippen LogP contribution is -2.57. The number of carbonyl (C=O) groups excluding carboxylic acids is 1. The van der Waals surface area contributed by atoms with E-state index in [-0.39, 0.29) is 34.5 Å². The van der Waals surface area contributed by atoms with Gasteiger partial charge in [0.2, 0.25) is 0 Å². The van der Waals surface area contributed by atoms with Crippen LogP contribution in [0.1, 0.15) is 24.8 Å². The third-order valence-electron chi connectivity index (χ3n) is 5.93. The Morgan fingerprint density at radius 2 is 2.12 bits per heavy atom. The second-order valence-corrected chi connectivity index (χ2v) is 8.24. The van der Waals surface area contributed by atoms with Gasteiger partial charge in [-0.25, -0.2) is 18.6 Å². The van der Waals surface area contributed by atoms with Crippen LogP contribution in [0.2, 0.25) is 0 Å². The lowest BCUT2D eigenvalue weighted by Gasteiger charge is -2.50. The van der Waals surface area contributed by atoms with E-state index in [0.29, 0.717) is 0 Å². The predicted octanol–water partition coefficient (Wildman–Crippen LogP) is 3.15. The zero-order chi connectivity index (χ0) is 22.7. The summed E-state index contributed by atoms with van der Waals surface area (Å²) in [5, 5.41) is 8.93. The van der Waals surface area contributed by atoms with Gasteiger partial charge in [-0.15, -0.1) is 0 Å². The molecule has 0 saturated carbocycles. The molecule has 1 aromatic carbocycles. The molecule has 4 N–H and O–H groups in total. The van der Waals surface area contributed by atoms with E-state index >= 15 is 0 Å². The third kappa shape index (κ3) is 4.64. The monoisotopic (exact) mass is 445 g/mol. The molecular weight excluding hydrogens is 420 g/mol. The Hall–Kier alpha value is -3.27. The van der Waals surface area contributed by atoms with Gasteiger partial charge in [0.1, 0.15) is 12.4 Å². The Morgan fingerprint density at radius 3 is 2.88 bits per heavy atom. The van der Waals surface area contributed by atoms with E-state index in [0.717, 1.165) is 45.6 Å². The van der Waals surface area contributed by atoms with Crippen molar-refractivity contribution in [3.8, 4) is 11.1 Å². The van der Waals surface area contributed by atoms with E-state index in [9.17, 15) is 13.6 Å². The predicted molar refractivity (Wildman–Crippen MR) is 114 cm³/mol. The molecule has 8 nitrogen and oxygen atoms in total. The number of alkyl carbamates (subject to hydrolysis) is 1. The number of nitrogens with one attached hydrogen (secondary N) is 2. The molecule has 2 fully saturated rings. The number of hydrogen-bond acceptors (Lipinski definition) is 6. The standard InChI is InChI=1S/C22H25F2N5O3/c23-17-9-15(10-27-19(17)29-12-22(13-29)5-2-7-31-8-6-22)16-4-1-3-14(18(16)24)11-32-21(30)28-20(25)26/h1,3-4,9-10H,2,5-8,11-13H2,(H4,25,26,28,30). The van der Waals surface area contributed by atoms with Crippen LogP contribution in [-0.4, -0.2) is 43.3 Å². The molecule has 2 aromatic rings. The van der Waals surface area contributed by atoms with Crippen molar-refractivity contribution in [2.24, 2.45) is 11.1 Å². The Kier molecular flexibility index (Phi) is 6.22. The summed E-state index contributed by atoms with van der Waals surface area (Å²) in [6.07, 6.45) is 3.53. The summed E-state index contributed by atoms with van der Waals surface area (Å²) in [6, 6.07) is 5.82. The molecule has 2 aliphatic rings. The number of benzene rings is 1. The normalized spacial score (nSPS) is 17.4. The molecule has 1 amide bonds. The summed E-state index contributed by atoms with van der Waals surface area (Å²) in [7, 11) is 0. The third-order valence-corrected chi connectivity index (χ3v) is 5.93. The first-order valence-electron chi connectivity index (χ1n) is 10.4. The number of hydrogen-bond donors (Lipinski definition) is 3. The highest BCUT2D eigenvalue weighted by Crippen LogP contribution is 2.42. The summed E-state index contributed by atoms with van der Waals surface area (Å²) in [5.41, 5.74) is 5.75. The fraction of sp³-hybridized carbons (Fsp3) is 0.409. The van der Waals surface area contributed by atoms with Gasteiger partial charge in [0.15, 0.2) is 17.6 Å². The number of guanidine groups is 1. The molecule has 4 rings (SSSR count). The lowest BCUT2D eigenvalue weighted by molar-refractivity contribution is 0.119. The topological polar surface area (TPSA) is 114 Å². The molecule has 0 bridgehead atoms. The summed E-state index contributed by atoms with van der Waals surface area (Å²) < 4.78 is 40.2. The number of anilines is 1. The molecular formula is C22H25F2N5O3. The molecule has 2 saturated heterocycles. The van der Waals surface area contributed by atoms with Gasteiger partial charge in [-0.3, -0.25) is 10.7 Å².